The predicted octanol–water partition coefficient (Wildman–Crippen LogP) is 6.60. The van der Waals surface area contributed by atoms with E-state index in [2.05, 4.69) is 21.3 Å². The van der Waals surface area contributed by atoms with Crippen LogP contribution in [0.4, 0.5) is 20.2 Å². The Hall–Kier alpha value is -5.89. The van der Waals surface area contributed by atoms with E-state index in [1.54, 1.807) is 46.4 Å². The van der Waals surface area contributed by atoms with Crippen LogP contribution in [0, 0.1) is 18.3 Å². The first-order valence-corrected chi connectivity index (χ1v) is 17.2. The fourth-order valence-corrected chi connectivity index (χ4v) is 6.02. The zero-order chi connectivity index (χ0) is 38.0. The van der Waals surface area contributed by atoms with E-state index < -0.39 is 29.5 Å². The molecule has 0 atom stereocenters. The second-order valence-electron chi connectivity index (χ2n) is 13.9. The number of rotatable bonds is 5. The van der Waals surface area contributed by atoms with Crippen molar-refractivity contribution in [2.75, 3.05) is 31.1 Å². The summed E-state index contributed by atoms with van der Waals surface area (Å²) in [5.74, 6) is -0.703. The van der Waals surface area contributed by atoms with E-state index in [1.807, 2.05) is 18.4 Å². The molecule has 0 unspecified atom stereocenters. The van der Waals surface area contributed by atoms with Crippen LogP contribution >= 0.6 is 11.3 Å². The Morgan fingerprint density at radius 1 is 0.942 bits per heavy atom. The highest BCUT2D eigenvalue weighted by Crippen LogP contribution is 2.35. The van der Waals surface area contributed by atoms with Gasteiger partial charge in [0.1, 0.15) is 11.2 Å². The van der Waals surface area contributed by atoms with Crippen molar-refractivity contribution >= 4 is 41.3 Å². The van der Waals surface area contributed by atoms with E-state index in [9.17, 15) is 29.5 Å². The average molecular weight is 731 g/mol. The van der Waals surface area contributed by atoms with Gasteiger partial charge in [-0.3, -0.25) is 4.79 Å². The highest BCUT2D eigenvalue weighted by atomic mass is 32.1. The molecule has 1 aliphatic heterocycles. The third kappa shape index (κ3) is 8.52. The molecule has 5 rings (SSSR count). The van der Waals surface area contributed by atoms with E-state index in [0.29, 0.717) is 29.3 Å². The normalized spacial score (nSPS) is 13.6. The minimum Gasteiger partial charge on any atom is -0.465 e. The molecule has 17 heteroatoms. The highest BCUT2D eigenvalue weighted by molar-refractivity contribution is 7.13. The highest BCUT2D eigenvalue weighted by Gasteiger charge is 2.37. The van der Waals surface area contributed by atoms with Gasteiger partial charge in [-0.15, -0.1) is 21.5 Å². The molecule has 0 spiro atoms. The molecule has 4 heterocycles. The molecule has 4 amide bonds. The second-order valence-corrected chi connectivity index (χ2v) is 14.8. The summed E-state index contributed by atoms with van der Waals surface area (Å²) in [7, 11) is 0. The number of carboxylic acid groups (broad SMARTS) is 1. The van der Waals surface area contributed by atoms with Gasteiger partial charge in [0, 0.05) is 37.3 Å². The van der Waals surface area contributed by atoms with Gasteiger partial charge in [0.25, 0.3) is 17.7 Å². The third-order valence-corrected chi connectivity index (χ3v) is 8.52. The molecule has 0 bridgehead atoms. The molecule has 1 saturated heterocycles. The molecule has 16 nitrogen and oxygen atoms in total. The molecular weight excluding hydrogens is 693 g/mol. The number of nitrogens with zero attached hydrogens (tertiary/aromatic N) is 8. The van der Waals surface area contributed by atoms with Gasteiger partial charge in [0.05, 0.1) is 28.4 Å². The minimum absolute atomic E-state index is 0.0809. The van der Waals surface area contributed by atoms with Crippen molar-refractivity contribution in [3.63, 3.8) is 0 Å². The number of ether oxygens (including phenoxy) is 2. The maximum atomic E-state index is 13.6. The van der Waals surface area contributed by atoms with E-state index >= 15 is 0 Å². The Morgan fingerprint density at radius 2 is 1.58 bits per heavy atom. The molecule has 0 radical (unpaired) electrons. The van der Waals surface area contributed by atoms with Crippen molar-refractivity contribution in [2.45, 2.75) is 66.1 Å². The molecule has 3 aromatic heterocycles. The van der Waals surface area contributed by atoms with E-state index in [0.717, 1.165) is 5.56 Å². The van der Waals surface area contributed by atoms with E-state index in [4.69, 9.17) is 18.9 Å². The Labute approximate surface area is 303 Å². The van der Waals surface area contributed by atoms with E-state index in [1.165, 1.54) is 40.6 Å². The lowest BCUT2D eigenvalue weighted by Gasteiger charge is -2.28. The SMILES string of the molecule is Cc1ccsc1-c1nnc(-c2nc(-c3ccc(C(=O)N4CCCN(C(=O)O)CC4)cc3C#N)cnc2N(C(=O)OC(C)(C)C)C(=O)OC(C)(C)C)o1. The van der Waals surface area contributed by atoms with Crippen LogP contribution < -0.4 is 4.90 Å². The summed E-state index contributed by atoms with van der Waals surface area (Å²) in [6.45, 7) is 12.7. The van der Waals surface area contributed by atoms with Crippen molar-refractivity contribution in [3.05, 3.63) is 52.5 Å². The molecule has 52 heavy (non-hydrogen) atoms. The number of nitriles is 1. The number of anilines is 1. The van der Waals surface area contributed by atoms with Crippen molar-refractivity contribution in [1.29, 1.82) is 5.26 Å². The van der Waals surface area contributed by atoms with Gasteiger partial charge in [-0.05, 0) is 84.0 Å². The number of thiophene rings is 1. The zero-order valence-electron chi connectivity index (χ0n) is 29.8. The number of amides is 4. The van der Waals surface area contributed by atoms with Gasteiger partial charge in [-0.1, -0.05) is 6.07 Å². The van der Waals surface area contributed by atoms with Gasteiger partial charge in [-0.2, -0.15) is 10.2 Å². The molecular formula is C35H38N8O8S. The van der Waals surface area contributed by atoms with Crippen molar-refractivity contribution in [2.24, 2.45) is 0 Å². The van der Waals surface area contributed by atoms with Crippen LogP contribution in [0.1, 0.15) is 69.4 Å². The largest absolute Gasteiger partial charge is 0.465 e. The molecule has 1 aromatic carbocycles. The Balaban J connectivity index is 1.61. The Morgan fingerprint density at radius 3 is 2.17 bits per heavy atom. The van der Waals surface area contributed by atoms with Crippen molar-refractivity contribution in [3.8, 4) is 39.7 Å². The molecule has 1 fully saturated rings. The molecule has 0 aliphatic carbocycles. The first-order valence-electron chi connectivity index (χ1n) is 16.3. The summed E-state index contributed by atoms with van der Waals surface area (Å²) in [5, 5.41) is 29.8. The van der Waals surface area contributed by atoms with Crippen LogP contribution in [0.2, 0.25) is 0 Å². The summed E-state index contributed by atoms with van der Waals surface area (Å²) >= 11 is 1.38. The summed E-state index contributed by atoms with van der Waals surface area (Å²) in [4.78, 5) is 65.4. The summed E-state index contributed by atoms with van der Waals surface area (Å²) in [6, 6.07) is 8.48. The summed E-state index contributed by atoms with van der Waals surface area (Å²) in [5.41, 5.74) is -0.605. The van der Waals surface area contributed by atoms with Crippen LogP contribution in [-0.4, -0.2) is 96.6 Å². The lowest BCUT2D eigenvalue weighted by atomic mass is 10.0. The lowest BCUT2D eigenvalue weighted by molar-refractivity contribution is 0.0428. The number of aryl methyl sites for hydroxylation is 1. The molecule has 1 N–H and O–H groups in total. The van der Waals surface area contributed by atoms with Gasteiger partial charge in [-0.25, -0.2) is 24.4 Å². The van der Waals surface area contributed by atoms with E-state index in [-0.39, 0.29) is 64.7 Å². The maximum Gasteiger partial charge on any atom is 0.425 e. The smallest absolute Gasteiger partial charge is 0.425 e. The number of hydrogen-bond donors (Lipinski definition) is 1. The molecule has 1 aliphatic rings. The number of carbonyl (C=O) groups is 4. The van der Waals surface area contributed by atoms with Crippen molar-refractivity contribution < 1.29 is 38.2 Å². The summed E-state index contributed by atoms with van der Waals surface area (Å²) in [6.07, 6.45) is -1.51. The Kier molecular flexibility index (Phi) is 10.6. The van der Waals surface area contributed by atoms with Crippen molar-refractivity contribution in [1.82, 2.24) is 30.0 Å². The third-order valence-electron chi connectivity index (χ3n) is 7.52. The quantitative estimate of drug-likeness (QED) is 0.230. The first kappa shape index (κ1) is 37.4. The van der Waals surface area contributed by atoms with Crippen LogP contribution in [0.25, 0.3) is 33.6 Å². The Bertz CT molecular complexity index is 2030. The van der Waals surface area contributed by atoms with Gasteiger partial charge in [0.15, 0.2) is 11.5 Å². The molecule has 0 saturated carbocycles. The molecule has 4 aromatic rings. The lowest BCUT2D eigenvalue weighted by Crippen LogP contribution is -2.44. The average Bonchev–Trinajstić information content (AvgIpc) is 3.64. The van der Waals surface area contributed by atoms with Gasteiger partial charge < -0.3 is 28.8 Å². The van der Waals surface area contributed by atoms with Crippen LogP contribution in [0.15, 0.2) is 40.3 Å². The van der Waals surface area contributed by atoms with Crippen LogP contribution in [-0.2, 0) is 9.47 Å². The number of aromatic nitrogens is 4. The first-order chi connectivity index (χ1) is 24.5. The number of benzene rings is 1. The standard InChI is InChI=1S/C35H38N8O8S/c1-20-11-16-52-26(20)29-40-39-28(49-29)25-27(43(32(47)50-34(2,3)4)33(48)51-35(5,6)7)37-19-24(38-25)23-10-9-21(17-22(23)18-36)30(44)41-12-8-13-42(15-14-41)31(45)46/h9-11,16-17,19H,8,12-15H2,1-7H3,(H,45,46). The van der Waals surface area contributed by atoms with Gasteiger partial charge in [0.2, 0.25) is 0 Å². The number of hydrogen-bond acceptors (Lipinski definition) is 13. The number of carbonyl (C=O) groups excluding carboxylic acids is 3. The monoisotopic (exact) mass is 730 g/mol. The van der Waals surface area contributed by atoms with Crippen LogP contribution in [0.5, 0.6) is 0 Å². The predicted molar refractivity (Wildman–Crippen MR) is 189 cm³/mol. The fraction of sp³-hybridized carbons (Fsp3) is 0.400. The minimum atomic E-state index is -1.10. The second kappa shape index (κ2) is 14.8. The number of imide groups is 1. The topological polar surface area (TPSA) is 205 Å². The van der Waals surface area contributed by atoms with Gasteiger partial charge >= 0.3 is 18.3 Å². The fourth-order valence-electron chi connectivity index (χ4n) is 5.17. The summed E-state index contributed by atoms with van der Waals surface area (Å²) < 4.78 is 17.2. The maximum absolute atomic E-state index is 13.6. The zero-order valence-corrected chi connectivity index (χ0v) is 30.6. The van der Waals surface area contributed by atoms with Crippen LogP contribution in [0.3, 0.4) is 0 Å². The molecule has 272 valence electrons.